The monoisotopic (exact) mass is 218 g/mol. The lowest BCUT2D eigenvalue weighted by Gasteiger charge is -2.25. The predicted molar refractivity (Wildman–Crippen MR) is 63.9 cm³/mol. The van der Waals surface area contributed by atoms with Crippen molar-refractivity contribution in [3.8, 4) is 5.75 Å². The Labute approximate surface area is 96.6 Å². The van der Waals surface area contributed by atoms with Crippen LogP contribution in [0.15, 0.2) is 24.3 Å². The highest BCUT2D eigenvalue weighted by atomic mass is 16.5. The Bertz CT molecular complexity index is 378. The second kappa shape index (κ2) is 4.69. The maximum absolute atomic E-state index is 12.1. The Balaban J connectivity index is 2.21. The van der Waals surface area contributed by atoms with Gasteiger partial charge in [-0.1, -0.05) is 18.6 Å². The first kappa shape index (κ1) is 11.2. The summed E-state index contributed by atoms with van der Waals surface area (Å²) in [5.74, 6) is 1.22. The molecule has 1 aromatic carbocycles. The number of ether oxygens (including phenoxy) is 1. The summed E-state index contributed by atoms with van der Waals surface area (Å²) in [5.41, 5.74) is 0.751. The Morgan fingerprint density at radius 1 is 1.31 bits per heavy atom. The minimum Gasteiger partial charge on any atom is -0.490 e. The molecule has 2 heteroatoms. The molecule has 0 unspecified atom stereocenters. The molecule has 2 rings (SSSR count). The molecule has 1 aliphatic rings. The van der Waals surface area contributed by atoms with Crippen LogP contribution in [-0.2, 0) is 0 Å². The minimum atomic E-state index is 0.107. The molecule has 86 valence electrons. The normalized spacial score (nSPS) is 15.9. The van der Waals surface area contributed by atoms with Crippen molar-refractivity contribution in [2.24, 2.45) is 5.92 Å². The Morgan fingerprint density at radius 3 is 2.56 bits per heavy atom. The molecule has 0 N–H and O–H groups in total. The van der Waals surface area contributed by atoms with Crippen molar-refractivity contribution in [2.45, 2.75) is 39.2 Å². The summed E-state index contributed by atoms with van der Waals surface area (Å²) in [4.78, 5) is 12.1. The van der Waals surface area contributed by atoms with Crippen molar-refractivity contribution >= 4 is 5.78 Å². The van der Waals surface area contributed by atoms with E-state index in [1.54, 1.807) is 0 Å². The quantitative estimate of drug-likeness (QED) is 0.723. The zero-order valence-electron chi connectivity index (χ0n) is 9.90. The van der Waals surface area contributed by atoms with Crippen LogP contribution >= 0.6 is 0 Å². The van der Waals surface area contributed by atoms with Crippen LogP contribution in [0.1, 0.15) is 43.5 Å². The number of hydrogen-bond donors (Lipinski definition) is 0. The van der Waals surface area contributed by atoms with Gasteiger partial charge in [0.1, 0.15) is 5.75 Å². The molecule has 0 saturated heterocycles. The molecule has 0 radical (unpaired) electrons. The Hall–Kier alpha value is -1.31. The summed E-state index contributed by atoms with van der Waals surface area (Å²) in [6.07, 6.45) is 3.36. The average Bonchev–Trinajstić information content (AvgIpc) is 2.14. The molecule has 0 amide bonds. The number of rotatable bonds is 4. The summed E-state index contributed by atoms with van der Waals surface area (Å²) in [5, 5.41) is 0. The third-order valence-corrected chi connectivity index (χ3v) is 2.99. The van der Waals surface area contributed by atoms with E-state index in [4.69, 9.17) is 4.74 Å². The third kappa shape index (κ3) is 2.26. The number of Topliss-reactive ketones (excluding diaryl/α,β-unsaturated/α-hetero) is 1. The molecule has 0 spiro atoms. The van der Waals surface area contributed by atoms with Crippen LogP contribution in [0.3, 0.4) is 0 Å². The molecular formula is C14H18O2. The summed E-state index contributed by atoms with van der Waals surface area (Å²) < 4.78 is 5.66. The highest BCUT2D eigenvalue weighted by Crippen LogP contribution is 2.32. The fourth-order valence-electron chi connectivity index (χ4n) is 1.92. The van der Waals surface area contributed by atoms with Crippen LogP contribution in [0.2, 0.25) is 0 Å². The van der Waals surface area contributed by atoms with E-state index in [0.717, 1.165) is 24.2 Å². The van der Waals surface area contributed by atoms with Gasteiger partial charge in [0.25, 0.3) is 0 Å². The van der Waals surface area contributed by atoms with Gasteiger partial charge in [0.2, 0.25) is 0 Å². The number of ketones is 1. The maximum Gasteiger partial charge on any atom is 0.169 e. The van der Waals surface area contributed by atoms with E-state index in [1.807, 2.05) is 38.1 Å². The number of para-hydroxylation sites is 1. The first-order chi connectivity index (χ1) is 7.68. The van der Waals surface area contributed by atoms with Crippen LogP contribution in [0.4, 0.5) is 0 Å². The molecule has 0 atom stereocenters. The van der Waals surface area contributed by atoms with Crippen molar-refractivity contribution in [1.82, 2.24) is 0 Å². The van der Waals surface area contributed by atoms with Crippen molar-refractivity contribution in [2.75, 3.05) is 0 Å². The van der Waals surface area contributed by atoms with Crippen LogP contribution in [0, 0.1) is 5.92 Å². The van der Waals surface area contributed by atoms with Gasteiger partial charge in [-0.2, -0.15) is 0 Å². The molecule has 1 saturated carbocycles. The van der Waals surface area contributed by atoms with Gasteiger partial charge >= 0.3 is 0 Å². The lowest BCUT2D eigenvalue weighted by atomic mass is 9.80. The zero-order valence-corrected chi connectivity index (χ0v) is 9.90. The molecular weight excluding hydrogens is 200 g/mol. The van der Waals surface area contributed by atoms with Crippen LogP contribution in [-0.4, -0.2) is 11.9 Å². The highest BCUT2D eigenvalue weighted by molar-refractivity contribution is 6.00. The minimum absolute atomic E-state index is 0.107. The summed E-state index contributed by atoms with van der Waals surface area (Å²) >= 11 is 0. The van der Waals surface area contributed by atoms with Crippen molar-refractivity contribution in [1.29, 1.82) is 0 Å². The third-order valence-electron chi connectivity index (χ3n) is 2.99. The molecule has 1 aromatic rings. The average molecular weight is 218 g/mol. The largest absolute Gasteiger partial charge is 0.490 e. The SMILES string of the molecule is CC(C)Oc1ccccc1C(=O)C1CCC1. The van der Waals surface area contributed by atoms with Crippen molar-refractivity contribution in [3.05, 3.63) is 29.8 Å². The van der Waals surface area contributed by atoms with E-state index in [9.17, 15) is 4.79 Å². The number of carbonyl (C=O) groups excluding carboxylic acids is 1. The summed E-state index contributed by atoms with van der Waals surface area (Å²) in [6.45, 7) is 3.95. The molecule has 0 bridgehead atoms. The molecule has 0 aliphatic heterocycles. The maximum atomic E-state index is 12.1. The first-order valence-corrected chi connectivity index (χ1v) is 5.98. The van der Waals surface area contributed by atoms with E-state index < -0.39 is 0 Å². The van der Waals surface area contributed by atoms with Crippen LogP contribution in [0.5, 0.6) is 5.75 Å². The van der Waals surface area contributed by atoms with Gasteiger partial charge in [0.05, 0.1) is 11.7 Å². The standard InChI is InChI=1S/C14H18O2/c1-10(2)16-13-9-4-3-8-12(13)14(15)11-6-5-7-11/h3-4,8-11H,5-7H2,1-2H3. The van der Waals surface area contributed by atoms with Gasteiger partial charge in [0.15, 0.2) is 5.78 Å². The lowest BCUT2D eigenvalue weighted by molar-refractivity contribution is 0.0849. The zero-order chi connectivity index (χ0) is 11.5. The molecule has 2 nitrogen and oxygen atoms in total. The molecule has 1 aliphatic carbocycles. The topological polar surface area (TPSA) is 26.3 Å². The second-order valence-electron chi connectivity index (χ2n) is 4.65. The van der Waals surface area contributed by atoms with Crippen molar-refractivity contribution < 1.29 is 9.53 Å². The smallest absolute Gasteiger partial charge is 0.169 e. The van der Waals surface area contributed by atoms with Crippen LogP contribution < -0.4 is 4.74 Å². The van der Waals surface area contributed by atoms with Gasteiger partial charge in [-0.3, -0.25) is 4.79 Å². The van der Waals surface area contributed by atoms with E-state index in [0.29, 0.717) is 0 Å². The summed E-state index contributed by atoms with van der Waals surface area (Å²) in [7, 11) is 0. The van der Waals surface area contributed by atoms with Crippen LogP contribution in [0.25, 0.3) is 0 Å². The van der Waals surface area contributed by atoms with Gasteiger partial charge in [0, 0.05) is 5.92 Å². The van der Waals surface area contributed by atoms with Gasteiger partial charge in [-0.15, -0.1) is 0 Å². The van der Waals surface area contributed by atoms with Gasteiger partial charge in [-0.05, 0) is 38.8 Å². The highest BCUT2D eigenvalue weighted by Gasteiger charge is 2.28. The number of carbonyl (C=O) groups is 1. The summed E-state index contributed by atoms with van der Waals surface area (Å²) in [6, 6.07) is 7.57. The van der Waals surface area contributed by atoms with Gasteiger partial charge in [-0.25, -0.2) is 0 Å². The van der Waals surface area contributed by atoms with E-state index in [2.05, 4.69) is 0 Å². The molecule has 0 aromatic heterocycles. The predicted octanol–water partition coefficient (Wildman–Crippen LogP) is 3.46. The molecule has 0 heterocycles. The fourth-order valence-corrected chi connectivity index (χ4v) is 1.92. The second-order valence-corrected chi connectivity index (χ2v) is 4.65. The Morgan fingerprint density at radius 2 is 2.00 bits per heavy atom. The number of hydrogen-bond acceptors (Lipinski definition) is 2. The lowest BCUT2D eigenvalue weighted by Crippen LogP contribution is -2.23. The van der Waals surface area contributed by atoms with E-state index >= 15 is 0 Å². The molecule has 1 fully saturated rings. The Kier molecular flexibility index (Phi) is 3.28. The number of benzene rings is 1. The van der Waals surface area contributed by atoms with Gasteiger partial charge < -0.3 is 4.74 Å². The molecule has 16 heavy (non-hydrogen) atoms. The fraction of sp³-hybridized carbons (Fsp3) is 0.500. The first-order valence-electron chi connectivity index (χ1n) is 5.98. The van der Waals surface area contributed by atoms with Crippen molar-refractivity contribution in [3.63, 3.8) is 0 Å². The van der Waals surface area contributed by atoms with E-state index in [1.165, 1.54) is 6.42 Å². The van der Waals surface area contributed by atoms with E-state index in [-0.39, 0.29) is 17.8 Å².